The average molecular weight is 376 g/mol. The minimum atomic E-state index is -0.441. The summed E-state index contributed by atoms with van der Waals surface area (Å²) in [7, 11) is 0. The van der Waals surface area contributed by atoms with Crippen molar-refractivity contribution < 1.29 is 9.21 Å². The average Bonchev–Trinajstić information content (AvgIpc) is 2.97. The summed E-state index contributed by atoms with van der Waals surface area (Å²) in [5.41, 5.74) is 3.71. The molecule has 1 aromatic heterocycles. The molecule has 0 fully saturated rings. The van der Waals surface area contributed by atoms with E-state index in [1.54, 1.807) is 6.07 Å². The van der Waals surface area contributed by atoms with E-state index in [0.29, 0.717) is 17.3 Å². The van der Waals surface area contributed by atoms with E-state index in [4.69, 9.17) is 27.6 Å². The fourth-order valence-corrected chi connectivity index (χ4v) is 2.92. The second kappa shape index (κ2) is 7.25. The molecule has 0 aliphatic carbocycles. The zero-order chi connectivity index (χ0) is 18.0. The van der Waals surface area contributed by atoms with Crippen molar-refractivity contribution in [2.24, 2.45) is 0 Å². The molecule has 0 atom stereocenters. The number of nitrogens with zero attached hydrogens (tertiary/aromatic N) is 2. The number of amides is 1. The number of nitrogens with one attached hydrogen (secondary N) is 1. The summed E-state index contributed by atoms with van der Waals surface area (Å²) >= 11 is 11.8. The topological polar surface area (TPSA) is 68.0 Å². The number of carbonyl (C=O) groups excluding carboxylic acids is 1. The molecule has 0 aliphatic rings. The molecule has 1 N–H and O–H groups in total. The highest BCUT2D eigenvalue weighted by molar-refractivity contribution is 6.37. The van der Waals surface area contributed by atoms with E-state index in [1.807, 2.05) is 26.0 Å². The van der Waals surface area contributed by atoms with E-state index >= 15 is 0 Å². The van der Waals surface area contributed by atoms with Crippen molar-refractivity contribution in [1.29, 1.82) is 0 Å². The van der Waals surface area contributed by atoms with Gasteiger partial charge in [0.1, 0.15) is 0 Å². The number of hydrogen-bond acceptors (Lipinski definition) is 4. The lowest BCUT2D eigenvalue weighted by Crippen LogP contribution is -2.12. The normalized spacial score (nSPS) is 10.7. The summed E-state index contributed by atoms with van der Waals surface area (Å²) < 4.78 is 5.51. The molecular weight excluding hydrogens is 361 g/mol. The van der Waals surface area contributed by atoms with Crippen LogP contribution in [-0.2, 0) is 6.42 Å². The molecule has 1 heterocycles. The molecular formula is C18H15Cl2N3O2. The fourth-order valence-electron chi connectivity index (χ4n) is 2.42. The van der Waals surface area contributed by atoms with Crippen LogP contribution in [0.4, 0.5) is 6.01 Å². The largest absolute Gasteiger partial charge is 0.407 e. The number of aromatic nitrogens is 2. The molecule has 5 nitrogen and oxygen atoms in total. The van der Waals surface area contributed by atoms with E-state index < -0.39 is 5.91 Å². The number of rotatable bonds is 4. The molecule has 128 valence electrons. The maximum atomic E-state index is 12.2. The van der Waals surface area contributed by atoms with Crippen LogP contribution in [0.5, 0.6) is 0 Å². The molecule has 0 saturated carbocycles. The van der Waals surface area contributed by atoms with E-state index in [-0.39, 0.29) is 16.6 Å². The SMILES string of the molecule is Cc1ccc(Cc2nnc(NC(=O)c3ccc(Cl)cc3Cl)o2)c(C)c1. The summed E-state index contributed by atoms with van der Waals surface area (Å²) in [4.78, 5) is 12.2. The monoisotopic (exact) mass is 375 g/mol. The zero-order valence-corrected chi connectivity index (χ0v) is 15.1. The van der Waals surface area contributed by atoms with Gasteiger partial charge in [-0.15, -0.1) is 5.10 Å². The lowest BCUT2D eigenvalue weighted by Gasteiger charge is -2.04. The van der Waals surface area contributed by atoms with Gasteiger partial charge in [-0.3, -0.25) is 10.1 Å². The molecule has 1 amide bonds. The van der Waals surface area contributed by atoms with Gasteiger partial charge in [-0.1, -0.05) is 52.1 Å². The summed E-state index contributed by atoms with van der Waals surface area (Å²) in [6, 6.07) is 10.8. The molecule has 0 saturated heterocycles. The number of hydrogen-bond donors (Lipinski definition) is 1. The van der Waals surface area contributed by atoms with Crippen molar-refractivity contribution in [3.05, 3.63) is 74.6 Å². The first-order valence-corrected chi connectivity index (χ1v) is 8.33. The summed E-state index contributed by atoms with van der Waals surface area (Å²) in [5, 5.41) is 11.1. The first-order chi connectivity index (χ1) is 11.9. The second-order valence-corrected chi connectivity index (χ2v) is 6.53. The van der Waals surface area contributed by atoms with Gasteiger partial charge >= 0.3 is 6.01 Å². The first kappa shape index (κ1) is 17.5. The smallest absolute Gasteiger partial charge is 0.322 e. The predicted octanol–water partition coefficient (Wildman–Crippen LogP) is 4.84. The van der Waals surface area contributed by atoms with Crippen LogP contribution in [0.1, 0.15) is 32.9 Å². The minimum absolute atomic E-state index is 0.0239. The number of carbonyl (C=O) groups is 1. The number of aryl methyl sites for hydroxylation is 2. The van der Waals surface area contributed by atoms with Crippen LogP contribution in [0.3, 0.4) is 0 Å². The predicted molar refractivity (Wildman–Crippen MR) is 97.4 cm³/mol. The molecule has 0 radical (unpaired) electrons. The third-order valence-electron chi connectivity index (χ3n) is 3.70. The lowest BCUT2D eigenvalue weighted by molar-refractivity contribution is 0.102. The van der Waals surface area contributed by atoms with Crippen molar-refractivity contribution in [3.8, 4) is 0 Å². The Morgan fingerprint density at radius 2 is 1.92 bits per heavy atom. The van der Waals surface area contributed by atoms with Gasteiger partial charge in [-0.2, -0.15) is 0 Å². The summed E-state index contributed by atoms with van der Waals surface area (Å²) in [5.74, 6) is -0.0205. The molecule has 0 spiro atoms. The maximum Gasteiger partial charge on any atom is 0.322 e. The van der Waals surface area contributed by atoms with E-state index in [2.05, 4.69) is 21.6 Å². The molecule has 0 unspecified atom stereocenters. The van der Waals surface area contributed by atoms with Crippen molar-refractivity contribution in [2.45, 2.75) is 20.3 Å². The van der Waals surface area contributed by atoms with E-state index in [0.717, 1.165) is 11.1 Å². The maximum absolute atomic E-state index is 12.2. The van der Waals surface area contributed by atoms with Gasteiger partial charge in [-0.05, 0) is 43.2 Å². The van der Waals surface area contributed by atoms with Gasteiger partial charge in [0, 0.05) is 5.02 Å². The van der Waals surface area contributed by atoms with Crippen LogP contribution >= 0.6 is 23.2 Å². The lowest BCUT2D eigenvalue weighted by atomic mass is 10.0. The highest BCUT2D eigenvalue weighted by atomic mass is 35.5. The zero-order valence-electron chi connectivity index (χ0n) is 13.6. The van der Waals surface area contributed by atoms with Gasteiger partial charge in [-0.25, -0.2) is 0 Å². The highest BCUT2D eigenvalue weighted by Gasteiger charge is 2.15. The first-order valence-electron chi connectivity index (χ1n) is 7.57. The second-order valence-electron chi connectivity index (χ2n) is 5.69. The Balaban J connectivity index is 1.72. The van der Waals surface area contributed by atoms with Gasteiger partial charge < -0.3 is 4.42 Å². The molecule has 2 aromatic carbocycles. The Hall–Kier alpha value is -2.37. The summed E-state index contributed by atoms with van der Waals surface area (Å²) in [6.45, 7) is 4.07. The van der Waals surface area contributed by atoms with Crippen molar-refractivity contribution in [1.82, 2.24) is 10.2 Å². The van der Waals surface area contributed by atoms with Gasteiger partial charge in [0.05, 0.1) is 17.0 Å². The van der Waals surface area contributed by atoms with Crippen molar-refractivity contribution in [2.75, 3.05) is 5.32 Å². The van der Waals surface area contributed by atoms with Gasteiger partial charge in [0.25, 0.3) is 5.91 Å². The molecule has 3 rings (SSSR count). The Bertz CT molecular complexity index is 938. The molecule has 3 aromatic rings. The van der Waals surface area contributed by atoms with Crippen LogP contribution in [0.25, 0.3) is 0 Å². The third-order valence-corrected chi connectivity index (χ3v) is 4.25. The van der Waals surface area contributed by atoms with Gasteiger partial charge in [0.15, 0.2) is 0 Å². The van der Waals surface area contributed by atoms with Crippen LogP contribution < -0.4 is 5.32 Å². The van der Waals surface area contributed by atoms with Crippen LogP contribution in [0.2, 0.25) is 10.0 Å². The fraction of sp³-hybridized carbons (Fsp3) is 0.167. The number of halogens is 2. The standard InChI is InChI=1S/C18H15Cl2N3O2/c1-10-3-4-12(11(2)7-10)8-16-22-23-18(25-16)21-17(24)14-6-5-13(19)9-15(14)20/h3-7,9H,8H2,1-2H3,(H,21,23,24). The van der Waals surface area contributed by atoms with Gasteiger partial charge in [0.2, 0.25) is 5.89 Å². The quantitative estimate of drug-likeness (QED) is 0.708. The highest BCUT2D eigenvalue weighted by Crippen LogP contribution is 2.22. The van der Waals surface area contributed by atoms with Crippen LogP contribution in [-0.4, -0.2) is 16.1 Å². The number of benzene rings is 2. The Morgan fingerprint density at radius 3 is 2.64 bits per heavy atom. The minimum Gasteiger partial charge on any atom is -0.407 e. The number of anilines is 1. The molecule has 7 heteroatoms. The van der Waals surface area contributed by atoms with Crippen LogP contribution in [0, 0.1) is 13.8 Å². The van der Waals surface area contributed by atoms with Crippen molar-refractivity contribution >= 4 is 35.1 Å². The molecule has 0 bridgehead atoms. The molecule has 25 heavy (non-hydrogen) atoms. The summed E-state index contributed by atoms with van der Waals surface area (Å²) in [6.07, 6.45) is 0.497. The van der Waals surface area contributed by atoms with E-state index in [1.165, 1.54) is 17.7 Å². The Labute approximate surface area is 155 Å². The van der Waals surface area contributed by atoms with E-state index in [9.17, 15) is 4.79 Å². The Morgan fingerprint density at radius 1 is 1.12 bits per heavy atom. The Kier molecular flexibility index (Phi) is 5.06. The van der Waals surface area contributed by atoms with Crippen molar-refractivity contribution in [3.63, 3.8) is 0 Å². The molecule has 0 aliphatic heterocycles. The third kappa shape index (κ3) is 4.18. The van der Waals surface area contributed by atoms with Crippen LogP contribution in [0.15, 0.2) is 40.8 Å².